The van der Waals surface area contributed by atoms with Crippen LogP contribution in [0.1, 0.15) is 23.8 Å². The Balaban J connectivity index is 2.48. The standard InChI is InChI=1S/C13H22N4O3S/c1-4-17(21(3,19)20)9-5-7-15-11-6-8-16-12(10-11)13(18)14-2/h6,8,10H,4-5,7,9H2,1-3H3,(H,14,18)(H,15,16). The molecule has 0 fully saturated rings. The maximum absolute atomic E-state index is 11.5. The normalized spacial score (nSPS) is 11.4. The molecule has 0 unspecified atom stereocenters. The maximum atomic E-state index is 11.5. The molecule has 0 aromatic carbocycles. The zero-order valence-electron chi connectivity index (χ0n) is 12.6. The van der Waals surface area contributed by atoms with E-state index in [2.05, 4.69) is 15.6 Å². The predicted molar refractivity (Wildman–Crippen MR) is 82.8 cm³/mol. The lowest BCUT2D eigenvalue weighted by molar-refractivity contribution is 0.0958. The summed E-state index contributed by atoms with van der Waals surface area (Å²) in [6.07, 6.45) is 3.45. The average Bonchev–Trinajstić information content (AvgIpc) is 2.45. The summed E-state index contributed by atoms with van der Waals surface area (Å²) in [7, 11) is -1.59. The minimum atomic E-state index is -3.14. The fraction of sp³-hybridized carbons (Fsp3) is 0.538. The fourth-order valence-corrected chi connectivity index (χ4v) is 2.77. The highest BCUT2D eigenvalue weighted by Gasteiger charge is 2.13. The van der Waals surface area contributed by atoms with E-state index in [0.29, 0.717) is 31.7 Å². The zero-order valence-corrected chi connectivity index (χ0v) is 13.4. The van der Waals surface area contributed by atoms with Gasteiger partial charge in [0.2, 0.25) is 10.0 Å². The van der Waals surface area contributed by atoms with Crippen molar-refractivity contribution in [3.05, 3.63) is 24.0 Å². The van der Waals surface area contributed by atoms with Crippen molar-refractivity contribution in [1.29, 1.82) is 0 Å². The van der Waals surface area contributed by atoms with E-state index in [0.717, 1.165) is 5.69 Å². The number of carbonyl (C=O) groups excluding carboxylic acids is 1. The van der Waals surface area contributed by atoms with Gasteiger partial charge in [-0.1, -0.05) is 6.92 Å². The molecule has 1 heterocycles. The van der Waals surface area contributed by atoms with Gasteiger partial charge in [-0.3, -0.25) is 9.78 Å². The van der Waals surface area contributed by atoms with Crippen LogP contribution < -0.4 is 10.6 Å². The highest BCUT2D eigenvalue weighted by atomic mass is 32.2. The summed E-state index contributed by atoms with van der Waals surface area (Å²) in [6.45, 7) is 3.36. The van der Waals surface area contributed by atoms with E-state index in [9.17, 15) is 13.2 Å². The number of nitrogens with one attached hydrogen (secondary N) is 2. The van der Waals surface area contributed by atoms with Gasteiger partial charge in [0.15, 0.2) is 0 Å². The number of aromatic nitrogens is 1. The number of anilines is 1. The van der Waals surface area contributed by atoms with Crippen LogP contribution in [0, 0.1) is 0 Å². The Morgan fingerprint density at radius 2 is 2.14 bits per heavy atom. The van der Waals surface area contributed by atoms with Crippen molar-refractivity contribution in [1.82, 2.24) is 14.6 Å². The molecule has 21 heavy (non-hydrogen) atoms. The number of carbonyl (C=O) groups is 1. The molecule has 0 saturated heterocycles. The lowest BCUT2D eigenvalue weighted by Crippen LogP contribution is -2.31. The molecule has 0 bridgehead atoms. The minimum Gasteiger partial charge on any atom is -0.385 e. The molecule has 8 heteroatoms. The van der Waals surface area contributed by atoms with Crippen LogP contribution in [0.2, 0.25) is 0 Å². The monoisotopic (exact) mass is 314 g/mol. The molecule has 0 spiro atoms. The second kappa shape index (κ2) is 7.94. The number of rotatable bonds is 8. The average molecular weight is 314 g/mol. The van der Waals surface area contributed by atoms with Gasteiger partial charge in [0.1, 0.15) is 5.69 Å². The molecule has 0 aliphatic rings. The van der Waals surface area contributed by atoms with Crippen LogP contribution in [0.4, 0.5) is 5.69 Å². The van der Waals surface area contributed by atoms with Gasteiger partial charge in [0, 0.05) is 38.6 Å². The number of amides is 1. The number of hydrogen-bond acceptors (Lipinski definition) is 5. The lowest BCUT2D eigenvalue weighted by Gasteiger charge is -2.17. The summed E-state index contributed by atoms with van der Waals surface area (Å²) in [6, 6.07) is 3.42. The largest absolute Gasteiger partial charge is 0.385 e. The van der Waals surface area contributed by atoms with E-state index in [1.165, 1.54) is 10.6 Å². The van der Waals surface area contributed by atoms with Crippen LogP contribution in [0.15, 0.2) is 18.3 Å². The van der Waals surface area contributed by atoms with Gasteiger partial charge in [-0.15, -0.1) is 0 Å². The smallest absolute Gasteiger partial charge is 0.269 e. The van der Waals surface area contributed by atoms with Crippen molar-refractivity contribution in [2.24, 2.45) is 0 Å². The summed E-state index contributed by atoms with van der Waals surface area (Å²) < 4.78 is 24.3. The predicted octanol–water partition coefficient (Wildman–Crippen LogP) is 0.525. The Labute approximate surface area is 125 Å². The summed E-state index contributed by atoms with van der Waals surface area (Å²) in [4.78, 5) is 15.4. The van der Waals surface area contributed by atoms with Gasteiger partial charge >= 0.3 is 0 Å². The summed E-state index contributed by atoms with van der Waals surface area (Å²) >= 11 is 0. The van der Waals surface area contributed by atoms with Crippen molar-refractivity contribution in [2.45, 2.75) is 13.3 Å². The van der Waals surface area contributed by atoms with E-state index >= 15 is 0 Å². The number of nitrogens with zero attached hydrogens (tertiary/aromatic N) is 2. The second-order valence-corrected chi connectivity index (χ2v) is 6.53. The molecule has 1 rings (SSSR count). The molecule has 0 aliphatic carbocycles. The van der Waals surface area contributed by atoms with Crippen LogP contribution in [0.5, 0.6) is 0 Å². The van der Waals surface area contributed by atoms with Crippen LogP contribution >= 0.6 is 0 Å². The maximum Gasteiger partial charge on any atom is 0.269 e. The Hall–Kier alpha value is -1.67. The second-order valence-electron chi connectivity index (χ2n) is 4.54. The van der Waals surface area contributed by atoms with Crippen LogP contribution in [0.25, 0.3) is 0 Å². The summed E-state index contributed by atoms with van der Waals surface area (Å²) in [5.41, 5.74) is 1.12. The molecule has 0 atom stereocenters. The van der Waals surface area contributed by atoms with E-state index in [4.69, 9.17) is 0 Å². The summed E-state index contributed by atoms with van der Waals surface area (Å²) in [5.74, 6) is -0.243. The van der Waals surface area contributed by atoms with Crippen molar-refractivity contribution in [2.75, 3.05) is 38.3 Å². The van der Waals surface area contributed by atoms with Crippen molar-refractivity contribution < 1.29 is 13.2 Å². The zero-order chi connectivity index (χ0) is 15.9. The van der Waals surface area contributed by atoms with Crippen LogP contribution in [-0.2, 0) is 10.0 Å². The Kier molecular flexibility index (Phi) is 6.57. The first-order valence-electron chi connectivity index (χ1n) is 6.75. The van der Waals surface area contributed by atoms with Gasteiger partial charge in [0.25, 0.3) is 5.91 Å². The third kappa shape index (κ3) is 5.68. The highest BCUT2D eigenvalue weighted by molar-refractivity contribution is 7.88. The SMILES string of the molecule is CCN(CCCNc1ccnc(C(=O)NC)c1)S(C)(=O)=O. The molecule has 0 saturated carbocycles. The van der Waals surface area contributed by atoms with E-state index in [1.807, 2.05) is 6.92 Å². The molecule has 1 aromatic heterocycles. The van der Waals surface area contributed by atoms with Crippen LogP contribution in [-0.4, -0.2) is 56.6 Å². The first-order valence-corrected chi connectivity index (χ1v) is 8.60. The molecule has 0 aliphatic heterocycles. The molecule has 2 N–H and O–H groups in total. The molecular weight excluding hydrogens is 292 g/mol. The molecule has 7 nitrogen and oxygen atoms in total. The fourth-order valence-electron chi connectivity index (χ4n) is 1.84. The Morgan fingerprint density at radius 1 is 1.43 bits per heavy atom. The highest BCUT2D eigenvalue weighted by Crippen LogP contribution is 2.08. The van der Waals surface area contributed by atoms with E-state index in [1.54, 1.807) is 25.4 Å². The quantitative estimate of drug-likeness (QED) is 0.683. The Bertz CT molecular complexity index is 575. The number of sulfonamides is 1. The minimum absolute atomic E-state index is 0.243. The van der Waals surface area contributed by atoms with Crippen molar-refractivity contribution >= 4 is 21.6 Å². The van der Waals surface area contributed by atoms with Crippen molar-refractivity contribution in [3.8, 4) is 0 Å². The van der Waals surface area contributed by atoms with Gasteiger partial charge in [-0.2, -0.15) is 0 Å². The number of hydrogen-bond donors (Lipinski definition) is 2. The molecular formula is C13H22N4O3S. The first-order chi connectivity index (χ1) is 9.88. The molecule has 0 radical (unpaired) electrons. The van der Waals surface area contributed by atoms with E-state index < -0.39 is 10.0 Å². The topological polar surface area (TPSA) is 91.4 Å². The van der Waals surface area contributed by atoms with Gasteiger partial charge in [-0.25, -0.2) is 12.7 Å². The third-order valence-electron chi connectivity index (χ3n) is 2.95. The third-order valence-corrected chi connectivity index (χ3v) is 4.33. The van der Waals surface area contributed by atoms with Gasteiger partial charge in [0.05, 0.1) is 6.26 Å². The van der Waals surface area contributed by atoms with E-state index in [-0.39, 0.29) is 5.91 Å². The molecule has 1 amide bonds. The molecule has 1 aromatic rings. The first kappa shape index (κ1) is 17.4. The Morgan fingerprint density at radius 3 is 2.71 bits per heavy atom. The van der Waals surface area contributed by atoms with Gasteiger partial charge < -0.3 is 10.6 Å². The van der Waals surface area contributed by atoms with Crippen molar-refractivity contribution in [3.63, 3.8) is 0 Å². The lowest BCUT2D eigenvalue weighted by atomic mass is 10.3. The molecule has 118 valence electrons. The van der Waals surface area contributed by atoms with Gasteiger partial charge in [-0.05, 0) is 18.6 Å². The van der Waals surface area contributed by atoms with Crippen LogP contribution in [0.3, 0.4) is 0 Å². The number of pyridine rings is 1. The summed E-state index contributed by atoms with van der Waals surface area (Å²) in [5, 5.41) is 5.67.